The van der Waals surface area contributed by atoms with Crippen LogP contribution in [-0.2, 0) is 23.9 Å². The second kappa shape index (κ2) is 20.1. The lowest BCUT2D eigenvalue weighted by atomic mass is 9.86. The molecule has 0 aliphatic heterocycles. The van der Waals surface area contributed by atoms with Crippen LogP contribution in [0.5, 0.6) is 0 Å². The first-order valence-corrected chi connectivity index (χ1v) is 13.4. The molecular weight excluding hydrogens is 470 g/mol. The normalized spacial score (nSPS) is 21.6. The van der Waals surface area contributed by atoms with Crippen molar-refractivity contribution in [1.82, 2.24) is 0 Å². The van der Waals surface area contributed by atoms with E-state index in [9.17, 15) is 29.9 Å². The number of unbranched alkanes of at least 4 members (excludes halogenated alkanes) is 5. The largest absolute Gasteiger partial charge is 0.463 e. The fourth-order valence-corrected chi connectivity index (χ4v) is 4.58. The Balaban J connectivity index is 2.17. The van der Waals surface area contributed by atoms with Crippen molar-refractivity contribution in [2.24, 2.45) is 11.8 Å². The van der Waals surface area contributed by atoms with E-state index in [1.807, 2.05) is 12.2 Å². The van der Waals surface area contributed by atoms with Gasteiger partial charge in [-0.25, -0.2) is 0 Å². The molecule has 1 rings (SSSR count). The zero-order chi connectivity index (χ0) is 26.6. The lowest BCUT2D eigenvalue weighted by Gasteiger charge is -2.22. The van der Waals surface area contributed by atoms with Crippen LogP contribution in [0.3, 0.4) is 0 Å². The molecule has 0 radical (unpaired) electrons. The van der Waals surface area contributed by atoms with Gasteiger partial charge >= 0.3 is 5.97 Å². The number of rotatable bonds is 22. The van der Waals surface area contributed by atoms with Gasteiger partial charge in [-0.15, -0.1) is 10.1 Å². The van der Waals surface area contributed by atoms with Crippen molar-refractivity contribution in [1.29, 1.82) is 0 Å². The minimum Gasteiger partial charge on any atom is -0.463 e. The molecule has 0 unspecified atom stereocenters. The van der Waals surface area contributed by atoms with Crippen LogP contribution < -0.4 is 0 Å². The second-order valence-corrected chi connectivity index (χ2v) is 9.43. The van der Waals surface area contributed by atoms with Crippen molar-refractivity contribution < 1.29 is 39.2 Å². The molecule has 36 heavy (non-hydrogen) atoms. The summed E-state index contributed by atoms with van der Waals surface area (Å²) >= 11 is 0. The van der Waals surface area contributed by atoms with Crippen LogP contribution in [0.4, 0.5) is 0 Å². The summed E-state index contributed by atoms with van der Waals surface area (Å²) in [5.41, 5.74) is 0. The molecule has 10 heteroatoms. The maximum atomic E-state index is 12.2. The first-order valence-electron chi connectivity index (χ1n) is 13.4. The summed E-state index contributed by atoms with van der Waals surface area (Å²) < 4.78 is 10.1. The van der Waals surface area contributed by atoms with E-state index in [4.69, 9.17) is 9.47 Å². The summed E-state index contributed by atoms with van der Waals surface area (Å²) in [6.45, 7) is 2.28. The van der Waals surface area contributed by atoms with Crippen molar-refractivity contribution in [2.45, 2.75) is 103 Å². The molecule has 208 valence electrons. The van der Waals surface area contributed by atoms with E-state index < -0.39 is 17.3 Å². The van der Waals surface area contributed by atoms with Gasteiger partial charge in [0, 0.05) is 19.3 Å². The van der Waals surface area contributed by atoms with Gasteiger partial charge in [0.25, 0.3) is 5.09 Å². The van der Waals surface area contributed by atoms with Crippen molar-refractivity contribution in [2.75, 3.05) is 26.4 Å². The molecule has 2 N–H and O–H groups in total. The maximum Gasteiger partial charge on any atom is 0.305 e. The first kappa shape index (κ1) is 32.0. The highest BCUT2D eigenvalue weighted by Crippen LogP contribution is 2.38. The number of ketones is 1. The van der Waals surface area contributed by atoms with Gasteiger partial charge in [0.2, 0.25) is 0 Å². The number of carbonyl (C=O) groups is 2. The van der Waals surface area contributed by atoms with E-state index in [0.717, 1.165) is 12.8 Å². The van der Waals surface area contributed by atoms with E-state index in [1.54, 1.807) is 0 Å². The average Bonchev–Trinajstić information content (AvgIpc) is 3.10. The summed E-state index contributed by atoms with van der Waals surface area (Å²) in [6, 6.07) is 0. The summed E-state index contributed by atoms with van der Waals surface area (Å²) in [6.07, 6.45) is 12.7. The van der Waals surface area contributed by atoms with Crippen LogP contribution in [0.25, 0.3) is 0 Å². The minimum atomic E-state index is -0.893. The summed E-state index contributed by atoms with van der Waals surface area (Å²) in [5.74, 6) is -0.221. The van der Waals surface area contributed by atoms with E-state index >= 15 is 0 Å². The van der Waals surface area contributed by atoms with Crippen LogP contribution in [0.2, 0.25) is 0 Å². The number of carbonyl (C=O) groups excluding carboxylic acids is 2. The van der Waals surface area contributed by atoms with Gasteiger partial charge < -0.3 is 24.5 Å². The quantitative estimate of drug-likeness (QED) is 0.0719. The lowest BCUT2D eigenvalue weighted by molar-refractivity contribution is -0.758. The SMILES string of the molecule is CCCCCCCC(=O)CC[C@@H]1[C@@H](CC=CCCCC(=O)OCCOCCO[N+](=O)[O-])[C@@H](O)C[C@H]1O. The Kier molecular flexibility index (Phi) is 17.8. The second-order valence-electron chi connectivity index (χ2n) is 9.43. The zero-order valence-electron chi connectivity index (χ0n) is 21.7. The van der Waals surface area contributed by atoms with Crippen molar-refractivity contribution >= 4 is 11.8 Å². The number of allylic oxidation sites excluding steroid dienone is 2. The molecule has 1 aliphatic carbocycles. The number of esters is 1. The topological polar surface area (TPSA) is 145 Å². The molecule has 1 aliphatic rings. The van der Waals surface area contributed by atoms with Gasteiger partial charge in [0.15, 0.2) is 0 Å². The number of aliphatic hydroxyl groups excluding tert-OH is 2. The molecule has 0 aromatic rings. The predicted molar refractivity (Wildman–Crippen MR) is 134 cm³/mol. The third-order valence-corrected chi connectivity index (χ3v) is 6.58. The van der Waals surface area contributed by atoms with Gasteiger partial charge in [0.05, 0.1) is 25.4 Å². The molecule has 1 fully saturated rings. The Hall–Kier alpha value is -2.04. The summed E-state index contributed by atoms with van der Waals surface area (Å²) in [7, 11) is 0. The number of ether oxygens (including phenoxy) is 2. The monoisotopic (exact) mass is 515 g/mol. The summed E-state index contributed by atoms with van der Waals surface area (Å²) in [5, 5.41) is 29.8. The fourth-order valence-electron chi connectivity index (χ4n) is 4.58. The standard InChI is InChI=1S/C26H45NO9/c1-2-3-4-5-8-11-21(28)14-15-23-22(24(29)20-25(23)30)12-9-6-7-10-13-26(31)35-18-16-34-17-19-36-27(32)33/h6,9,22-25,29-30H,2-5,7-8,10-20H2,1H3/t22-,23-,24+,25-/m1/s1. The van der Waals surface area contributed by atoms with Crippen molar-refractivity contribution in [3.8, 4) is 0 Å². The van der Waals surface area contributed by atoms with Crippen molar-refractivity contribution in [3.05, 3.63) is 22.3 Å². The van der Waals surface area contributed by atoms with Crippen LogP contribution >= 0.6 is 0 Å². The first-order chi connectivity index (χ1) is 17.3. The number of hydrogen-bond donors (Lipinski definition) is 2. The molecule has 0 spiro atoms. The molecule has 0 aromatic carbocycles. The minimum absolute atomic E-state index is 0.0480. The van der Waals surface area contributed by atoms with E-state index in [2.05, 4.69) is 11.8 Å². The molecule has 0 heterocycles. The third kappa shape index (κ3) is 15.2. The lowest BCUT2D eigenvalue weighted by Crippen LogP contribution is -2.22. The number of Topliss-reactive ketones (excluding diaryl/α,β-unsaturated/α-hetero) is 1. The third-order valence-electron chi connectivity index (χ3n) is 6.58. The number of nitrogens with zero attached hydrogens (tertiary/aromatic N) is 1. The Morgan fingerprint density at radius 3 is 2.39 bits per heavy atom. The van der Waals surface area contributed by atoms with Gasteiger partial charge in [0.1, 0.15) is 19.0 Å². The van der Waals surface area contributed by atoms with E-state index in [-0.39, 0.29) is 56.4 Å². The molecule has 10 nitrogen and oxygen atoms in total. The van der Waals surface area contributed by atoms with Crippen LogP contribution in [0.1, 0.15) is 90.4 Å². The Bertz CT molecular complexity index is 655. The van der Waals surface area contributed by atoms with E-state index in [0.29, 0.717) is 44.9 Å². The van der Waals surface area contributed by atoms with Crippen LogP contribution in [0.15, 0.2) is 12.2 Å². The van der Waals surface area contributed by atoms with Gasteiger partial charge in [-0.05, 0) is 50.4 Å². The van der Waals surface area contributed by atoms with Crippen LogP contribution in [-0.4, -0.2) is 65.7 Å². The average molecular weight is 516 g/mol. The van der Waals surface area contributed by atoms with Crippen molar-refractivity contribution in [3.63, 3.8) is 0 Å². The predicted octanol–water partition coefficient (Wildman–Crippen LogP) is 3.94. The molecule has 1 saturated carbocycles. The highest BCUT2D eigenvalue weighted by molar-refractivity contribution is 5.78. The van der Waals surface area contributed by atoms with Gasteiger partial charge in [-0.1, -0.05) is 44.8 Å². The highest BCUT2D eigenvalue weighted by atomic mass is 17.0. The molecular formula is C26H45NO9. The number of aliphatic hydroxyl groups is 2. The Labute approximate surface area is 214 Å². The Morgan fingerprint density at radius 2 is 1.64 bits per heavy atom. The molecule has 0 aromatic heterocycles. The number of hydrogen-bond acceptors (Lipinski definition) is 9. The Morgan fingerprint density at radius 1 is 0.917 bits per heavy atom. The highest BCUT2D eigenvalue weighted by Gasteiger charge is 2.40. The smallest absolute Gasteiger partial charge is 0.305 e. The van der Waals surface area contributed by atoms with Gasteiger partial charge in [-0.3, -0.25) is 9.59 Å². The maximum absolute atomic E-state index is 12.2. The van der Waals surface area contributed by atoms with Crippen LogP contribution in [0, 0.1) is 22.0 Å². The molecule has 4 atom stereocenters. The molecule has 0 amide bonds. The van der Waals surface area contributed by atoms with E-state index in [1.165, 1.54) is 19.3 Å². The fraction of sp³-hybridized carbons (Fsp3) is 0.846. The zero-order valence-corrected chi connectivity index (χ0v) is 21.7. The summed E-state index contributed by atoms with van der Waals surface area (Å²) in [4.78, 5) is 38.0. The molecule has 0 bridgehead atoms. The molecule has 0 saturated heterocycles. The van der Waals surface area contributed by atoms with Gasteiger partial charge in [-0.2, -0.15) is 0 Å².